The van der Waals surface area contributed by atoms with Gasteiger partial charge in [-0.15, -0.1) is 0 Å². The molecule has 0 fully saturated rings. The van der Waals surface area contributed by atoms with Crippen molar-refractivity contribution in [2.45, 2.75) is 39.0 Å². The number of aliphatic imine (C=N–C) groups is 1. The zero-order valence-electron chi connectivity index (χ0n) is 16.1. The topological polar surface area (TPSA) is 49.7 Å². The van der Waals surface area contributed by atoms with Gasteiger partial charge in [0.1, 0.15) is 5.76 Å². The fourth-order valence-corrected chi connectivity index (χ4v) is 3.70. The van der Waals surface area contributed by atoms with Crippen LogP contribution in [0, 0.1) is 5.41 Å². The Kier molecular flexibility index (Phi) is 5.90. The van der Waals surface area contributed by atoms with Gasteiger partial charge in [0, 0.05) is 31.5 Å². The quantitative estimate of drug-likeness (QED) is 0.693. The molecule has 1 aliphatic carbocycles. The van der Waals surface area contributed by atoms with E-state index in [0.29, 0.717) is 25.0 Å². The molecule has 3 rings (SSSR count). The molecule has 140 valence electrons. The van der Waals surface area contributed by atoms with Gasteiger partial charge in [0.25, 0.3) is 0 Å². The van der Waals surface area contributed by atoms with Gasteiger partial charge in [0.05, 0.1) is 5.57 Å². The second-order valence-electron chi connectivity index (χ2n) is 8.00. The molecule has 3 heteroatoms. The van der Waals surface area contributed by atoms with Crippen molar-refractivity contribution in [3.63, 3.8) is 0 Å². The van der Waals surface area contributed by atoms with Gasteiger partial charge in [0.2, 0.25) is 0 Å². The van der Waals surface area contributed by atoms with Crippen LogP contribution in [0.4, 0.5) is 0 Å². The van der Waals surface area contributed by atoms with E-state index >= 15 is 0 Å². The van der Waals surface area contributed by atoms with Crippen molar-refractivity contribution in [2.24, 2.45) is 10.4 Å². The number of allylic oxidation sites excluding steroid dienone is 2. The number of aliphatic hydroxyl groups is 1. The van der Waals surface area contributed by atoms with Crippen molar-refractivity contribution in [1.82, 2.24) is 0 Å². The average Bonchev–Trinajstić information content (AvgIpc) is 2.64. The second-order valence-corrected chi connectivity index (χ2v) is 8.00. The maximum absolute atomic E-state index is 12.3. The van der Waals surface area contributed by atoms with Crippen molar-refractivity contribution in [3.8, 4) is 0 Å². The lowest BCUT2D eigenvalue weighted by molar-refractivity contribution is -0.117. The number of rotatable bonds is 6. The SMILES string of the molecule is CC1(C)CC(=O)C(C=NCCC(c2ccccc2)c2ccccc2)=C(O)C1. The van der Waals surface area contributed by atoms with Crippen molar-refractivity contribution in [3.05, 3.63) is 83.1 Å². The van der Waals surface area contributed by atoms with Crippen LogP contribution in [0.15, 0.2) is 77.0 Å². The van der Waals surface area contributed by atoms with Gasteiger partial charge in [-0.1, -0.05) is 74.5 Å². The number of hydrogen-bond donors (Lipinski definition) is 1. The van der Waals surface area contributed by atoms with Crippen molar-refractivity contribution in [1.29, 1.82) is 0 Å². The van der Waals surface area contributed by atoms with E-state index in [9.17, 15) is 9.90 Å². The second kappa shape index (κ2) is 8.34. The number of ketones is 1. The molecule has 0 heterocycles. The number of Topliss-reactive ketones (excluding diaryl/α,β-unsaturated/α-hetero) is 1. The van der Waals surface area contributed by atoms with Gasteiger partial charge in [-0.05, 0) is 23.0 Å². The van der Waals surface area contributed by atoms with Crippen molar-refractivity contribution < 1.29 is 9.90 Å². The zero-order chi connectivity index (χ0) is 19.3. The Labute approximate surface area is 161 Å². The van der Waals surface area contributed by atoms with Crippen LogP contribution in [0.2, 0.25) is 0 Å². The van der Waals surface area contributed by atoms with Gasteiger partial charge < -0.3 is 5.11 Å². The lowest BCUT2D eigenvalue weighted by Gasteiger charge is -2.28. The molecular weight excluding hydrogens is 334 g/mol. The average molecular weight is 361 g/mol. The van der Waals surface area contributed by atoms with Crippen LogP contribution in [-0.2, 0) is 4.79 Å². The monoisotopic (exact) mass is 361 g/mol. The van der Waals surface area contributed by atoms with Crippen LogP contribution in [0.5, 0.6) is 0 Å². The van der Waals surface area contributed by atoms with Gasteiger partial charge in [-0.3, -0.25) is 9.79 Å². The van der Waals surface area contributed by atoms with E-state index in [1.54, 1.807) is 6.21 Å². The highest BCUT2D eigenvalue weighted by atomic mass is 16.3. The van der Waals surface area contributed by atoms with E-state index in [2.05, 4.69) is 53.5 Å². The molecule has 0 aliphatic heterocycles. The first-order valence-corrected chi connectivity index (χ1v) is 9.51. The van der Waals surface area contributed by atoms with E-state index in [-0.39, 0.29) is 22.9 Å². The number of carbonyl (C=O) groups is 1. The lowest BCUT2D eigenvalue weighted by Crippen LogP contribution is -2.26. The number of nitrogens with zero attached hydrogens (tertiary/aromatic N) is 1. The Hall–Kier alpha value is -2.68. The summed E-state index contributed by atoms with van der Waals surface area (Å²) in [6, 6.07) is 20.8. The third-order valence-corrected chi connectivity index (χ3v) is 5.07. The number of hydrogen-bond acceptors (Lipinski definition) is 3. The van der Waals surface area contributed by atoms with Gasteiger partial charge in [-0.25, -0.2) is 0 Å². The smallest absolute Gasteiger partial charge is 0.168 e. The third-order valence-electron chi connectivity index (χ3n) is 5.07. The largest absolute Gasteiger partial charge is 0.511 e. The Morgan fingerprint density at radius 2 is 1.56 bits per heavy atom. The predicted molar refractivity (Wildman–Crippen MR) is 110 cm³/mol. The summed E-state index contributed by atoms with van der Waals surface area (Å²) >= 11 is 0. The maximum Gasteiger partial charge on any atom is 0.168 e. The summed E-state index contributed by atoms with van der Waals surface area (Å²) in [7, 11) is 0. The van der Waals surface area contributed by atoms with Crippen molar-refractivity contribution in [2.75, 3.05) is 6.54 Å². The van der Waals surface area contributed by atoms with E-state index in [1.165, 1.54) is 11.1 Å². The van der Waals surface area contributed by atoms with E-state index < -0.39 is 0 Å². The van der Waals surface area contributed by atoms with Gasteiger partial charge in [-0.2, -0.15) is 0 Å². The summed E-state index contributed by atoms with van der Waals surface area (Å²) in [6.45, 7) is 4.60. The summed E-state index contributed by atoms with van der Waals surface area (Å²) < 4.78 is 0. The molecule has 0 spiro atoms. The van der Waals surface area contributed by atoms with Crippen molar-refractivity contribution >= 4 is 12.0 Å². The summed E-state index contributed by atoms with van der Waals surface area (Å²) in [6.07, 6.45) is 3.39. The van der Waals surface area contributed by atoms with E-state index in [1.807, 2.05) is 26.0 Å². The Morgan fingerprint density at radius 3 is 2.07 bits per heavy atom. The first-order valence-electron chi connectivity index (χ1n) is 9.51. The maximum atomic E-state index is 12.3. The summed E-state index contributed by atoms with van der Waals surface area (Å²) in [5, 5.41) is 10.2. The molecule has 0 bridgehead atoms. The van der Waals surface area contributed by atoms with E-state index in [0.717, 1.165) is 6.42 Å². The standard InChI is InChI=1S/C24H27NO2/c1-24(2)15-22(26)21(23(27)16-24)17-25-14-13-20(18-9-5-3-6-10-18)19-11-7-4-8-12-19/h3-12,17,20,26H,13-16H2,1-2H3. The van der Waals surface area contributed by atoms with Crippen LogP contribution in [0.3, 0.4) is 0 Å². The molecule has 0 aromatic heterocycles. The highest BCUT2D eigenvalue weighted by Crippen LogP contribution is 2.35. The molecule has 1 N–H and O–H groups in total. The molecule has 0 saturated carbocycles. The molecule has 0 atom stereocenters. The minimum Gasteiger partial charge on any atom is -0.511 e. The molecule has 3 nitrogen and oxygen atoms in total. The highest BCUT2D eigenvalue weighted by Gasteiger charge is 2.32. The number of benzene rings is 2. The van der Waals surface area contributed by atoms with Gasteiger partial charge >= 0.3 is 0 Å². The molecule has 0 radical (unpaired) electrons. The molecule has 0 amide bonds. The molecular formula is C24H27NO2. The molecule has 0 unspecified atom stereocenters. The van der Waals surface area contributed by atoms with Crippen LogP contribution >= 0.6 is 0 Å². The number of aliphatic hydroxyl groups excluding tert-OH is 1. The highest BCUT2D eigenvalue weighted by molar-refractivity contribution is 6.14. The van der Waals surface area contributed by atoms with Crippen LogP contribution in [0.1, 0.15) is 50.2 Å². The van der Waals surface area contributed by atoms with Crippen LogP contribution in [0.25, 0.3) is 0 Å². The normalized spacial score (nSPS) is 17.1. The van der Waals surface area contributed by atoms with E-state index in [4.69, 9.17) is 0 Å². The molecule has 1 aliphatic rings. The minimum absolute atomic E-state index is 0.0184. The van der Waals surface area contributed by atoms with Crippen LogP contribution < -0.4 is 0 Å². The first kappa shape index (κ1) is 19.1. The van der Waals surface area contributed by atoms with Crippen LogP contribution in [-0.4, -0.2) is 23.6 Å². The Morgan fingerprint density at radius 1 is 1.00 bits per heavy atom. The first-order chi connectivity index (χ1) is 13.0. The fourth-order valence-electron chi connectivity index (χ4n) is 3.70. The summed E-state index contributed by atoms with van der Waals surface area (Å²) in [5.74, 6) is 0.408. The lowest BCUT2D eigenvalue weighted by atomic mass is 9.77. The summed E-state index contributed by atoms with van der Waals surface area (Å²) in [5.41, 5.74) is 2.72. The third kappa shape index (κ3) is 4.94. The molecule has 2 aromatic rings. The molecule has 27 heavy (non-hydrogen) atoms. The zero-order valence-corrected chi connectivity index (χ0v) is 16.1. The minimum atomic E-state index is -0.176. The number of carbonyl (C=O) groups excluding carboxylic acids is 1. The fraction of sp³-hybridized carbons (Fsp3) is 0.333. The predicted octanol–water partition coefficient (Wildman–Crippen LogP) is 5.48. The molecule has 2 aromatic carbocycles. The summed E-state index contributed by atoms with van der Waals surface area (Å²) in [4.78, 5) is 16.8. The Bertz CT molecular complexity index is 796. The molecule has 0 saturated heterocycles. The Balaban J connectivity index is 1.72. The van der Waals surface area contributed by atoms with Gasteiger partial charge in [0.15, 0.2) is 5.78 Å².